The fraction of sp³-hybridized carbons (Fsp3) is 0.350. The molecule has 2 aromatic rings. The number of aromatic carboxylic acids is 1. The Kier molecular flexibility index (Phi) is 5.90. The van der Waals surface area contributed by atoms with Crippen molar-refractivity contribution < 1.29 is 23.9 Å². The average molecular weight is 370 g/mol. The van der Waals surface area contributed by atoms with Gasteiger partial charge in [-0.2, -0.15) is 0 Å². The van der Waals surface area contributed by atoms with Crippen LogP contribution in [0.25, 0.3) is 0 Å². The number of carboxylic acids is 1. The van der Waals surface area contributed by atoms with Crippen LogP contribution in [-0.4, -0.2) is 46.9 Å². The van der Waals surface area contributed by atoms with Crippen LogP contribution in [0.15, 0.2) is 47.3 Å². The van der Waals surface area contributed by atoms with E-state index in [1.54, 1.807) is 35.2 Å². The summed E-state index contributed by atoms with van der Waals surface area (Å²) in [6.45, 7) is 1.16. The van der Waals surface area contributed by atoms with E-state index < -0.39 is 5.97 Å². The number of benzene rings is 1. The Labute approximate surface area is 157 Å². The van der Waals surface area contributed by atoms with Gasteiger partial charge < -0.3 is 19.7 Å². The van der Waals surface area contributed by atoms with Gasteiger partial charge in [-0.3, -0.25) is 9.59 Å². The van der Waals surface area contributed by atoms with E-state index in [2.05, 4.69) is 5.32 Å². The van der Waals surface area contributed by atoms with Crippen LogP contribution in [0.5, 0.6) is 0 Å². The van der Waals surface area contributed by atoms with Gasteiger partial charge in [-0.25, -0.2) is 4.79 Å². The molecule has 1 aromatic carbocycles. The van der Waals surface area contributed by atoms with E-state index in [0.717, 1.165) is 0 Å². The third-order valence-electron chi connectivity index (χ3n) is 4.78. The fourth-order valence-corrected chi connectivity index (χ4v) is 3.29. The zero-order valence-electron chi connectivity index (χ0n) is 14.9. The van der Waals surface area contributed by atoms with E-state index in [0.29, 0.717) is 43.5 Å². The smallest absolute Gasteiger partial charge is 0.335 e. The van der Waals surface area contributed by atoms with Gasteiger partial charge in [0, 0.05) is 25.6 Å². The second-order valence-electron chi connectivity index (χ2n) is 6.61. The number of furan rings is 1. The zero-order chi connectivity index (χ0) is 19.2. The average Bonchev–Trinajstić information content (AvgIpc) is 3.21. The van der Waals surface area contributed by atoms with Gasteiger partial charge in [0.15, 0.2) is 0 Å². The minimum absolute atomic E-state index is 0.0283. The number of piperidine rings is 1. The van der Waals surface area contributed by atoms with E-state index in [1.807, 2.05) is 0 Å². The largest absolute Gasteiger partial charge is 0.478 e. The van der Waals surface area contributed by atoms with Gasteiger partial charge in [0.25, 0.3) is 5.91 Å². The van der Waals surface area contributed by atoms with Crippen molar-refractivity contribution in [3.05, 3.63) is 59.5 Å². The zero-order valence-corrected chi connectivity index (χ0v) is 14.9. The molecule has 3 rings (SSSR count). The van der Waals surface area contributed by atoms with Crippen LogP contribution in [0.4, 0.5) is 0 Å². The number of nitrogens with one attached hydrogen (secondary N) is 1. The van der Waals surface area contributed by atoms with Crippen molar-refractivity contribution in [1.82, 2.24) is 10.2 Å². The predicted molar refractivity (Wildman–Crippen MR) is 97.5 cm³/mol. The Hall–Kier alpha value is -3.09. The predicted octanol–water partition coefficient (Wildman–Crippen LogP) is 2.33. The number of rotatable bonds is 6. The first kappa shape index (κ1) is 18.7. The van der Waals surface area contributed by atoms with Gasteiger partial charge >= 0.3 is 5.97 Å². The summed E-state index contributed by atoms with van der Waals surface area (Å²) in [4.78, 5) is 37.5. The Bertz CT molecular complexity index is 808. The van der Waals surface area contributed by atoms with E-state index >= 15 is 0 Å². The van der Waals surface area contributed by atoms with E-state index in [1.165, 1.54) is 12.5 Å². The molecule has 7 heteroatoms. The molecule has 2 amide bonds. The normalized spacial score (nSPS) is 14.7. The van der Waals surface area contributed by atoms with Crippen molar-refractivity contribution in [1.29, 1.82) is 0 Å². The van der Waals surface area contributed by atoms with Crippen molar-refractivity contribution in [2.24, 2.45) is 0 Å². The van der Waals surface area contributed by atoms with Crippen molar-refractivity contribution in [2.75, 3.05) is 13.1 Å². The molecular formula is C20H22N2O5. The van der Waals surface area contributed by atoms with E-state index in [9.17, 15) is 19.5 Å². The lowest BCUT2D eigenvalue weighted by Gasteiger charge is -2.32. The second-order valence-corrected chi connectivity index (χ2v) is 6.61. The number of nitrogens with zero attached hydrogens (tertiary/aromatic N) is 1. The molecule has 0 bridgehead atoms. The van der Waals surface area contributed by atoms with Crippen LogP contribution < -0.4 is 5.32 Å². The number of likely N-dealkylation sites (tertiary alicyclic amines) is 1. The molecule has 1 fully saturated rings. The topological polar surface area (TPSA) is 99.9 Å². The minimum Gasteiger partial charge on any atom is -0.478 e. The Morgan fingerprint density at radius 1 is 1.15 bits per heavy atom. The highest BCUT2D eigenvalue weighted by Crippen LogP contribution is 2.15. The van der Waals surface area contributed by atoms with Crippen molar-refractivity contribution >= 4 is 17.8 Å². The van der Waals surface area contributed by atoms with E-state index in [4.69, 9.17) is 4.42 Å². The highest BCUT2D eigenvalue weighted by atomic mass is 16.4. The van der Waals surface area contributed by atoms with E-state index in [-0.39, 0.29) is 29.8 Å². The third kappa shape index (κ3) is 4.75. The van der Waals surface area contributed by atoms with Gasteiger partial charge in [0.1, 0.15) is 6.26 Å². The standard InChI is InChI=1S/C20H22N2O5/c23-18(6-5-14-3-1-2-4-17(14)20(25)26)21-16-7-10-22(11-8-16)19(24)15-9-12-27-13-15/h1-4,9,12-13,16H,5-8,10-11H2,(H,21,23)(H,25,26). The Morgan fingerprint density at radius 2 is 1.89 bits per heavy atom. The summed E-state index contributed by atoms with van der Waals surface area (Å²) in [6, 6.07) is 8.39. The summed E-state index contributed by atoms with van der Waals surface area (Å²) >= 11 is 0. The molecule has 0 unspecified atom stereocenters. The number of carbonyl (C=O) groups excluding carboxylic acids is 2. The van der Waals surface area contributed by atoms with Crippen LogP contribution in [0.2, 0.25) is 0 Å². The summed E-state index contributed by atoms with van der Waals surface area (Å²) in [5.41, 5.74) is 1.42. The molecule has 1 aliphatic rings. The van der Waals surface area contributed by atoms with Gasteiger partial charge in [-0.1, -0.05) is 18.2 Å². The first-order valence-electron chi connectivity index (χ1n) is 8.96. The molecule has 27 heavy (non-hydrogen) atoms. The highest BCUT2D eigenvalue weighted by molar-refractivity contribution is 5.94. The lowest BCUT2D eigenvalue weighted by Crippen LogP contribution is -2.46. The molecule has 0 aliphatic carbocycles. The van der Waals surface area contributed by atoms with Crippen molar-refractivity contribution in [3.8, 4) is 0 Å². The molecule has 142 valence electrons. The molecule has 0 atom stereocenters. The summed E-state index contributed by atoms with van der Waals surface area (Å²) in [5, 5.41) is 12.2. The van der Waals surface area contributed by atoms with Crippen LogP contribution in [0.1, 0.15) is 45.5 Å². The quantitative estimate of drug-likeness (QED) is 0.813. The highest BCUT2D eigenvalue weighted by Gasteiger charge is 2.25. The second kappa shape index (κ2) is 8.53. The number of carbonyl (C=O) groups is 3. The minimum atomic E-state index is -0.985. The van der Waals surface area contributed by atoms with Crippen LogP contribution in [0.3, 0.4) is 0 Å². The summed E-state index contributed by atoms with van der Waals surface area (Å²) in [7, 11) is 0. The first-order chi connectivity index (χ1) is 13.0. The maximum absolute atomic E-state index is 12.3. The van der Waals surface area contributed by atoms with Gasteiger partial charge in [0.05, 0.1) is 17.4 Å². The molecule has 2 heterocycles. The number of amides is 2. The molecule has 2 N–H and O–H groups in total. The Morgan fingerprint density at radius 3 is 2.56 bits per heavy atom. The first-order valence-corrected chi connectivity index (χ1v) is 8.96. The molecule has 0 saturated carbocycles. The van der Waals surface area contributed by atoms with Gasteiger partial charge in [0.2, 0.25) is 5.91 Å². The summed E-state index contributed by atoms with van der Waals surface area (Å²) in [6.07, 6.45) is 4.92. The van der Waals surface area contributed by atoms with Crippen LogP contribution in [0, 0.1) is 0 Å². The Balaban J connectivity index is 1.45. The molecular weight excluding hydrogens is 348 g/mol. The maximum Gasteiger partial charge on any atom is 0.335 e. The molecule has 7 nitrogen and oxygen atoms in total. The maximum atomic E-state index is 12.3. The molecule has 1 aliphatic heterocycles. The molecule has 0 spiro atoms. The summed E-state index contributed by atoms with van der Waals surface area (Å²) in [5.74, 6) is -1.14. The van der Waals surface area contributed by atoms with Crippen molar-refractivity contribution in [3.63, 3.8) is 0 Å². The number of hydrogen-bond donors (Lipinski definition) is 2. The monoisotopic (exact) mass is 370 g/mol. The molecule has 0 radical (unpaired) electrons. The summed E-state index contributed by atoms with van der Waals surface area (Å²) < 4.78 is 4.95. The third-order valence-corrected chi connectivity index (χ3v) is 4.78. The lowest BCUT2D eigenvalue weighted by molar-refractivity contribution is -0.122. The molecule has 1 saturated heterocycles. The number of carboxylic acid groups (broad SMARTS) is 1. The number of hydrogen-bond acceptors (Lipinski definition) is 4. The number of aryl methyl sites for hydroxylation is 1. The van der Waals surface area contributed by atoms with Crippen LogP contribution in [-0.2, 0) is 11.2 Å². The SMILES string of the molecule is O=C(CCc1ccccc1C(=O)O)NC1CCN(C(=O)c2ccoc2)CC1. The van der Waals surface area contributed by atoms with Gasteiger partial charge in [-0.15, -0.1) is 0 Å². The van der Waals surface area contributed by atoms with Crippen LogP contribution >= 0.6 is 0 Å². The molecule has 1 aromatic heterocycles. The lowest BCUT2D eigenvalue weighted by atomic mass is 10.0. The fourth-order valence-electron chi connectivity index (χ4n) is 3.29. The van der Waals surface area contributed by atoms with Gasteiger partial charge in [-0.05, 0) is 37.0 Å². The van der Waals surface area contributed by atoms with Crippen molar-refractivity contribution in [2.45, 2.75) is 31.7 Å².